The van der Waals surface area contributed by atoms with E-state index in [1.807, 2.05) is 0 Å². The molecular weight excluding hydrogens is 212 g/mol. The largest absolute Gasteiger partial charge is 0.457 e. The lowest BCUT2D eigenvalue weighted by atomic mass is 9.52. The van der Waals surface area contributed by atoms with Crippen LogP contribution in [0.2, 0.25) is 0 Å². The molecule has 0 aromatic carbocycles. The maximum Gasteiger partial charge on any atom is 0.335 e. The van der Waals surface area contributed by atoms with Crippen molar-refractivity contribution >= 4 is 5.97 Å². The van der Waals surface area contributed by atoms with Gasteiger partial charge in [-0.25, -0.2) is 4.79 Å². The molecule has 2 aliphatic carbocycles. The molecule has 2 heteroatoms. The molecule has 0 N–H and O–H groups in total. The van der Waals surface area contributed by atoms with Crippen LogP contribution in [0.15, 0.2) is 23.3 Å². The second kappa shape index (κ2) is 3.24. The van der Waals surface area contributed by atoms with E-state index < -0.39 is 0 Å². The van der Waals surface area contributed by atoms with Gasteiger partial charge < -0.3 is 4.74 Å². The van der Waals surface area contributed by atoms with Crippen molar-refractivity contribution in [2.75, 3.05) is 6.61 Å². The van der Waals surface area contributed by atoms with E-state index in [1.165, 1.54) is 12.8 Å². The van der Waals surface area contributed by atoms with Crippen LogP contribution in [0.4, 0.5) is 0 Å². The topological polar surface area (TPSA) is 26.3 Å². The summed E-state index contributed by atoms with van der Waals surface area (Å²) >= 11 is 0. The molecule has 92 valence electrons. The first-order valence-electron chi connectivity index (χ1n) is 6.54. The second-order valence-electron chi connectivity index (χ2n) is 6.57. The van der Waals surface area contributed by atoms with Crippen molar-refractivity contribution in [3.63, 3.8) is 0 Å². The van der Waals surface area contributed by atoms with E-state index >= 15 is 0 Å². The highest BCUT2D eigenvalue weighted by Gasteiger charge is 2.52. The van der Waals surface area contributed by atoms with Gasteiger partial charge in [-0.3, -0.25) is 0 Å². The summed E-state index contributed by atoms with van der Waals surface area (Å²) in [4.78, 5) is 12.0. The van der Waals surface area contributed by atoms with Gasteiger partial charge in [-0.15, -0.1) is 0 Å². The smallest absolute Gasteiger partial charge is 0.335 e. The highest BCUT2D eigenvalue weighted by Crippen LogP contribution is 2.58. The van der Waals surface area contributed by atoms with Gasteiger partial charge in [0.05, 0.1) is 5.57 Å². The van der Waals surface area contributed by atoms with Gasteiger partial charge in [-0.05, 0) is 24.2 Å². The van der Waals surface area contributed by atoms with E-state index in [0.717, 1.165) is 17.6 Å². The first-order chi connectivity index (χ1) is 7.95. The molecule has 17 heavy (non-hydrogen) atoms. The zero-order chi connectivity index (χ0) is 12.3. The Bertz CT molecular complexity index is 442. The summed E-state index contributed by atoms with van der Waals surface area (Å²) in [5.74, 6) is 0.391. The second-order valence-corrected chi connectivity index (χ2v) is 6.57. The Labute approximate surface area is 103 Å². The molecule has 1 saturated carbocycles. The first-order valence-corrected chi connectivity index (χ1v) is 6.54. The number of carbonyl (C=O) groups excluding carboxylic acids is 1. The normalized spacial score (nSPS) is 38.8. The molecule has 0 amide bonds. The number of ether oxygens (including phenoxy) is 1. The summed E-state index contributed by atoms with van der Waals surface area (Å²) in [5, 5.41) is 0. The zero-order valence-corrected chi connectivity index (χ0v) is 10.9. The number of esters is 1. The molecule has 3 rings (SSSR count). The quantitative estimate of drug-likeness (QED) is 0.599. The molecule has 0 spiro atoms. The Morgan fingerprint density at radius 1 is 1.29 bits per heavy atom. The third kappa shape index (κ3) is 1.36. The van der Waals surface area contributed by atoms with Gasteiger partial charge in [0.25, 0.3) is 0 Å². The van der Waals surface area contributed by atoms with Crippen LogP contribution in [0.5, 0.6) is 0 Å². The van der Waals surface area contributed by atoms with Crippen LogP contribution >= 0.6 is 0 Å². The van der Waals surface area contributed by atoms with Crippen LogP contribution in [-0.2, 0) is 9.53 Å². The molecule has 1 heterocycles. The molecule has 1 fully saturated rings. The minimum absolute atomic E-state index is 0.000579. The number of allylic oxidation sites excluding steroid dienone is 1. The van der Waals surface area contributed by atoms with Gasteiger partial charge in [0, 0.05) is 11.0 Å². The third-order valence-electron chi connectivity index (χ3n) is 4.99. The molecule has 2 atom stereocenters. The SMILES string of the molecule is CC1(C)CCC[C@]2(C)C3=C(C=C[C@@H]12)COC3=O. The molecule has 0 bridgehead atoms. The minimum Gasteiger partial charge on any atom is -0.457 e. The lowest BCUT2D eigenvalue weighted by Crippen LogP contribution is -2.44. The molecule has 0 unspecified atom stereocenters. The molecule has 3 aliphatic rings. The zero-order valence-electron chi connectivity index (χ0n) is 10.9. The highest BCUT2D eigenvalue weighted by atomic mass is 16.5. The molecule has 0 saturated heterocycles. The maximum atomic E-state index is 12.0. The number of hydrogen-bond donors (Lipinski definition) is 0. The third-order valence-corrected chi connectivity index (χ3v) is 4.99. The molecule has 1 aliphatic heterocycles. The van der Waals surface area contributed by atoms with Crippen molar-refractivity contribution in [2.24, 2.45) is 16.7 Å². The Morgan fingerprint density at radius 3 is 2.82 bits per heavy atom. The lowest BCUT2D eigenvalue weighted by molar-refractivity contribution is -0.137. The average molecular weight is 232 g/mol. The molecule has 0 radical (unpaired) electrons. The maximum absolute atomic E-state index is 12.0. The predicted octanol–water partition coefficient (Wildman–Crippen LogP) is 3.24. The van der Waals surface area contributed by atoms with E-state index in [0.29, 0.717) is 12.5 Å². The van der Waals surface area contributed by atoms with E-state index in [9.17, 15) is 4.79 Å². The Morgan fingerprint density at radius 2 is 2.06 bits per heavy atom. The number of cyclic esters (lactones) is 1. The van der Waals surface area contributed by atoms with E-state index in [2.05, 4.69) is 32.9 Å². The molecule has 2 nitrogen and oxygen atoms in total. The fourth-order valence-corrected chi connectivity index (χ4v) is 4.20. The number of hydrogen-bond acceptors (Lipinski definition) is 2. The van der Waals surface area contributed by atoms with Gasteiger partial charge in [0.1, 0.15) is 6.61 Å². The Hall–Kier alpha value is -1.05. The number of fused-ring (bicyclic) bond motifs is 2. The summed E-state index contributed by atoms with van der Waals surface area (Å²) in [7, 11) is 0. The van der Waals surface area contributed by atoms with Gasteiger partial charge in [-0.1, -0.05) is 39.3 Å². The number of rotatable bonds is 0. The van der Waals surface area contributed by atoms with E-state index in [4.69, 9.17) is 4.74 Å². The summed E-state index contributed by atoms with van der Waals surface area (Å²) in [5.41, 5.74) is 2.37. The van der Waals surface area contributed by atoms with Crippen molar-refractivity contribution < 1.29 is 9.53 Å². The summed E-state index contributed by atoms with van der Waals surface area (Å²) in [6.07, 6.45) is 8.01. The van der Waals surface area contributed by atoms with Crippen molar-refractivity contribution in [1.29, 1.82) is 0 Å². The van der Waals surface area contributed by atoms with Gasteiger partial charge in [-0.2, -0.15) is 0 Å². The van der Waals surface area contributed by atoms with Crippen LogP contribution < -0.4 is 0 Å². The molecule has 0 aromatic rings. The highest BCUT2D eigenvalue weighted by molar-refractivity contribution is 5.94. The van der Waals surface area contributed by atoms with Crippen molar-refractivity contribution in [2.45, 2.75) is 40.0 Å². The van der Waals surface area contributed by atoms with Crippen molar-refractivity contribution in [1.82, 2.24) is 0 Å². The fourth-order valence-electron chi connectivity index (χ4n) is 4.20. The summed E-state index contributed by atoms with van der Waals surface area (Å²) in [6, 6.07) is 0. The van der Waals surface area contributed by atoms with E-state index in [-0.39, 0.29) is 16.8 Å². The van der Waals surface area contributed by atoms with Crippen molar-refractivity contribution in [3.05, 3.63) is 23.3 Å². The monoisotopic (exact) mass is 232 g/mol. The standard InChI is InChI=1S/C15H20O2/c1-14(2)7-4-8-15(3)11(14)6-5-10-9-17-13(16)12(10)15/h5-6,11H,4,7-9H2,1-3H3/t11-,15-/m0/s1. The predicted molar refractivity (Wildman–Crippen MR) is 66.4 cm³/mol. The van der Waals surface area contributed by atoms with Crippen LogP contribution in [0.3, 0.4) is 0 Å². The minimum atomic E-state index is -0.0745. The van der Waals surface area contributed by atoms with Crippen LogP contribution in [0, 0.1) is 16.7 Å². The van der Waals surface area contributed by atoms with Gasteiger partial charge in [0.2, 0.25) is 0 Å². The van der Waals surface area contributed by atoms with Gasteiger partial charge >= 0.3 is 5.97 Å². The molecular formula is C15H20O2. The van der Waals surface area contributed by atoms with Crippen LogP contribution in [-0.4, -0.2) is 12.6 Å². The Balaban J connectivity index is 2.11. The summed E-state index contributed by atoms with van der Waals surface area (Å²) < 4.78 is 5.22. The van der Waals surface area contributed by atoms with Gasteiger partial charge in [0.15, 0.2) is 0 Å². The molecule has 0 aromatic heterocycles. The van der Waals surface area contributed by atoms with E-state index in [1.54, 1.807) is 0 Å². The number of carbonyl (C=O) groups is 1. The van der Waals surface area contributed by atoms with Crippen LogP contribution in [0.25, 0.3) is 0 Å². The Kier molecular flexibility index (Phi) is 2.11. The first kappa shape index (κ1) is 11.1. The lowest BCUT2D eigenvalue weighted by Gasteiger charge is -2.51. The fraction of sp³-hybridized carbons (Fsp3) is 0.667. The summed E-state index contributed by atoms with van der Waals surface area (Å²) in [6.45, 7) is 7.38. The van der Waals surface area contributed by atoms with Crippen molar-refractivity contribution in [3.8, 4) is 0 Å². The van der Waals surface area contributed by atoms with Crippen LogP contribution in [0.1, 0.15) is 40.0 Å². The average Bonchev–Trinajstić information content (AvgIpc) is 2.60.